The maximum absolute atomic E-state index is 12.4. The minimum Gasteiger partial charge on any atom is -0.416 e. The van der Waals surface area contributed by atoms with E-state index >= 15 is 0 Å². The maximum atomic E-state index is 12.4. The summed E-state index contributed by atoms with van der Waals surface area (Å²) in [6.07, 6.45) is 2.20. The van der Waals surface area contributed by atoms with E-state index in [0.717, 1.165) is 18.4 Å². The Hall–Kier alpha value is -1.24. The fourth-order valence-electron chi connectivity index (χ4n) is 2.23. The zero-order valence-corrected chi connectivity index (χ0v) is 15.6. The van der Waals surface area contributed by atoms with Crippen molar-refractivity contribution in [3.63, 3.8) is 0 Å². The maximum Gasteiger partial charge on any atom is 0.277 e. The van der Waals surface area contributed by atoms with Gasteiger partial charge < -0.3 is 9.73 Å². The van der Waals surface area contributed by atoms with E-state index in [-0.39, 0.29) is 17.2 Å². The van der Waals surface area contributed by atoms with Gasteiger partial charge in [0, 0.05) is 16.0 Å². The van der Waals surface area contributed by atoms with Crippen molar-refractivity contribution in [2.75, 3.05) is 0 Å². The molecule has 5 nitrogen and oxygen atoms in total. The number of hydrogen-bond acceptors (Lipinski definition) is 5. The van der Waals surface area contributed by atoms with Crippen molar-refractivity contribution in [2.45, 2.75) is 49.1 Å². The van der Waals surface area contributed by atoms with E-state index in [1.807, 2.05) is 13.0 Å². The molecule has 1 aliphatic rings. The first-order chi connectivity index (χ1) is 11.4. The molecule has 0 bridgehead atoms. The van der Waals surface area contributed by atoms with Crippen LogP contribution in [0.1, 0.15) is 50.1 Å². The summed E-state index contributed by atoms with van der Waals surface area (Å²) >= 11 is 13.3. The Labute approximate surface area is 154 Å². The van der Waals surface area contributed by atoms with Crippen molar-refractivity contribution in [2.24, 2.45) is 0 Å². The lowest BCUT2D eigenvalue weighted by Gasteiger charge is -2.18. The zero-order valence-electron chi connectivity index (χ0n) is 13.3. The Bertz CT molecular complexity index is 749. The Morgan fingerprint density at radius 3 is 2.75 bits per heavy atom. The molecule has 128 valence electrons. The van der Waals surface area contributed by atoms with Crippen LogP contribution in [0.15, 0.2) is 27.8 Å². The highest BCUT2D eigenvalue weighted by molar-refractivity contribution is 8.00. The van der Waals surface area contributed by atoms with E-state index in [0.29, 0.717) is 27.1 Å². The molecule has 2 aromatic rings. The largest absolute Gasteiger partial charge is 0.416 e. The lowest BCUT2D eigenvalue weighted by atomic mass is 10.1. The molecule has 0 spiro atoms. The molecule has 0 aliphatic heterocycles. The highest BCUT2D eigenvalue weighted by Gasteiger charge is 2.30. The summed E-state index contributed by atoms with van der Waals surface area (Å²) in [6, 6.07) is 5.00. The summed E-state index contributed by atoms with van der Waals surface area (Å²) in [5.74, 6) is 0.958. The number of nitrogens with zero attached hydrogens (tertiary/aromatic N) is 2. The average Bonchev–Trinajstić information content (AvgIpc) is 3.27. The molecule has 1 fully saturated rings. The van der Waals surface area contributed by atoms with E-state index in [1.165, 1.54) is 11.8 Å². The molecule has 1 saturated carbocycles. The van der Waals surface area contributed by atoms with Gasteiger partial charge in [-0.3, -0.25) is 4.79 Å². The van der Waals surface area contributed by atoms with Crippen LogP contribution in [0.5, 0.6) is 0 Å². The van der Waals surface area contributed by atoms with Gasteiger partial charge in [-0.25, -0.2) is 0 Å². The van der Waals surface area contributed by atoms with Gasteiger partial charge in [-0.05, 0) is 44.4 Å². The Balaban J connectivity index is 1.58. The van der Waals surface area contributed by atoms with Gasteiger partial charge in [0.2, 0.25) is 11.8 Å². The van der Waals surface area contributed by atoms with E-state index in [2.05, 4.69) is 15.5 Å². The van der Waals surface area contributed by atoms with Crippen LogP contribution in [-0.4, -0.2) is 21.4 Å². The fourth-order valence-corrected chi connectivity index (χ4v) is 3.50. The molecule has 2 atom stereocenters. The molecule has 1 heterocycles. The molecule has 0 saturated heterocycles. The molecule has 24 heavy (non-hydrogen) atoms. The smallest absolute Gasteiger partial charge is 0.277 e. The number of amides is 1. The lowest BCUT2D eigenvalue weighted by molar-refractivity contribution is -0.120. The van der Waals surface area contributed by atoms with Gasteiger partial charge in [-0.1, -0.05) is 41.0 Å². The van der Waals surface area contributed by atoms with Crippen LogP contribution >= 0.6 is 35.0 Å². The van der Waals surface area contributed by atoms with E-state index in [9.17, 15) is 4.79 Å². The summed E-state index contributed by atoms with van der Waals surface area (Å²) < 4.78 is 5.58. The topological polar surface area (TPSA) is 68.0 Å². The minimum atomic E-state index is -0.356. The molecular formula is C16H17Cl2N3O2S. The predicted octanol–water partition coefficient (Wildman–Crippen LogP) is 4.61. The highest BCUT2D eigenvalue weighted by atomic mass is 35.5. The molecule has 1 amide bonds. The standard InChI is InChI=1S/C16H17Cl2N3O2S/c1-8(12-6-5-11(17)7-13(12)18)19-14(22)9(2)24-16-21-20-15(23-16)10-3-4-10/h5-10H,3-4H2,1-2H3,(H,19,22)/t8-,9-/m0/s1. The normalized spacial score (nSPS) is 16.7. The van der Waals surface area contributed by atoms with Crippen LogP contribution in [0.25, 0.3) is 0 Å². The first-order valence-corrected chi connectivity index (χ1v) is 9.33. The molecule has 1 N–H and O–H groups in total. The molecule has 1 aromatic heterocycles. The van der Waals surface area contributed by atoms with E-state index < -0.39 is 0 Å². The molecule has 1 aromatic carbocycles. The molecule has 8 heteroatoms. The van der Waals surface area contributed by atoms with E-state index in [1.54, 1.807) is 19.1 Å². The summed E-state index contributed by atoms with van der Waals surface area (Å²) in [7, 11) is 0. The molecule has 0 radical (unpaired) electrons. The quantitative estimate of drug-likeness (QED) is 0.735. The Morgan fingerprint density at radius 2 is 2.08 bits per heavy atom. The van der Waals surface area contributed by atoms with Gasteiger partial charge in [0.1, 0.15) is 0 Å². The third-order valence-electron chi connectivity index (χ3n) is 3.78. The fraction of sp³-hybridized carbons (Fsp3) is 0.438. The predicted molar refractivity (Wildman–Crippen MR) is 94.6 cm³/mol. The second kappa shape index (κ2) is 7.33. The summed E-state index contributed by atoms with van der Waals surface area (Å²) in [4.78, 5) is 12.4. The monoisotopic (exact) mass is 385 g/mol. The van der Waals surface area contributed by atoms with Crippen molar-refractivity contribution < 1.29 is 9.21 Å². The third kappa shape index (κ3) is 4.23. The number of thioether (sulfide) groups is 1. The van der Waals surface area contributed by atoms with Gasteiger partial charge >= 0.3 is 0 Å². The van der Waals surface area contributed by atoms with Crippen molar-refractivity contribution in [3.05, 3.63) is 39.7 Å². The number of carbonyl (C=O) groups excluding carboxylic acids is 1. The van der Waals surface area contributed by atoms with Gasteiger partial charge in [-0.2, -0.15) is 0 Å². The van der Waals surface area contributed by atoms with Crippen molar-refractivity contribution in [1.82, 2.24) is 15.5 Å². The third-order valence-corrected chi connectivity index (χ3v) is 5.28. The van der Waals surface area contributed by atoms with E-state index in [4.69, 9.17) is 27.6 Å². The van der Waals surface area contributed by atoms with Gasteiger partial charge in [0.15, 0.2) is 0 Å². The highest BCUT2D eigenvalue weighted by Crippen LogP contribution is 2.40. The summed E-state index contributed by atoms with van der Waals surface area (Å²) in [6.45, 7) is 3.68. The number of benzene rings is 1. The Kier molecular flexibility index (Phi) is 5.37. The van der Waals surface area contributed by atoms with Crippen LogP contribution in [0.3, 0.4) is 0 Å². The number of rotatable bonds is 6. The molecule has 3 rings (SSSR count). The van der Waals surface area contributed by atoms with Crippen molar-refractivity contribution >= 4 is 40.9 Å². The number of aromatic nitrogens is 2. The number of hydrogen-bond donors (Lipinski definition) is 1. The lowest BCUT2D eigenvalue weighted by Crippen LogP contribution is -2.33. The van der Waals surface area contributed by atoms with Crippen LogP contribution < -0.4 is 5.32 Å². The van der Waals surface area contributed by atoms with Gasteiger partial charge in [-0.15, -0.1) is 10.2 Å². The SMILES string of the molecule is C[C@H](Sc1nnc(C2CC2)o1)C(=O)N[C@@H](C)c1ccc(Cl)cc1Cl. The van der Waals surface area contributed by atoms with Crippen molar-refractivity contribution in [1.29, 1.82) is 0 Å². The molecule has 1 aliphatic carbocycles. The molecule has 0 unspecified atom stereocenters. The zero-order chi connectivity index (χ0) is 17.3. The second-order valence-electron chi connectivity index (χ2n) is 5.84. The first kappa shape index (κ1) is 17.6. The van der Waals surface area contributed by atoms with Gasteiger partial charge in [0.25, 0.3) is 5.22 Å². The molecular weight excluding hydrogens is 369 g/mol. The van der Waals surface area contributed by atoms with Gasteiger partial charge in [0.05, 0.1) is 11.3 Å². The summed E-state index contributed by atoms with van der Waals surface area (Å²) in [5, 5.41) is 12.1. The van der Waals surface area contributed by atoms with Crippen molar-refractivity contribution in [3.8, 4) is 0 Å². The van der Waals surface area contributed by atoms with Crippen LogP contribution in [0.2, 0.25) is 10.0 Å². The Morgan fingerprint density at radius 1 is 1.33 bits per heavy atom. The van der Waals surface area contributed by atoms with Crippen LogP contribution in [-0.2, 0) is 4.79 Å². The first-order valence-electron chi connectivity index (χ1n) is 7.69. The number of carbonyl (C=O) groups is 1. The number of halogens is 2. The average molecular weight is 386 g/mol. The second-order valence-corrected chi connectivity index (χ2v) is 7.97. The minimum absolute atomic E-state index is 0.121. The summed E-state index contributed by atoms with van der Waals surface area (Å²) in [5.41, 5.74) is 0.820. The van der Waals surface area contributed by atoms with Crippen LogP contribution in [0, 0.1) is 0 Å². The number of nitrogens with one attached hydrogen (secondary N) is 1. The van der Waals surface area contributed by atoms with Crippen LogP contribution in [0.4, 0.5) is 0 Å².